The third-order valence-electron chi connectivity index (χ3n) is 2.54. The zero-order valence-corrected chi connectivity index (χ0v) is 8.47. The van der Waals surface area contributed by atoms with Crippen molar-refractivity contribution in [2.75, 3.05) is 13.1 Å². The quantitative estimate of drug-likeness (QED) is 0.769. The Balaban J connectivity index is 1.76. The SMILES string of the molecule is O=C(CCc1ccccn1)N1CC(O)C1. The topological polar surface area (TPSA) is 53.4 Å². The number of aliphatic hydroxyl groups is 1. The van der Waals surface area contributed by atoms with Gasteiger partial charge in [-0.3, -0.25) is 9.78 Å². The lowest BCUT2D eigenvalue weighted by Gasteiger charge is -2.35. The van der Waals surface area contributed by atoms with Crippen molar-refractivity contribution < 1.29 is 9.90 Å². The van der Waals surface area contributed by atoms with Crippen LogP contribution < -0.4 is 0 Å². The number of nitrogens with zero attached hydrogens (tertiary/aromatic N) is 2. The third-order valence-corrected chi connectivity index (χ3v) is 2.54. The first-order valence-corrected chi connectivity index (χ1v) is 5.11. The molecule has 0 aliphatic carbocycles. The lowest BCUT2D eigenvalue weighted by Crippen LogP contribution is -2.53. The first-order valence-electron chi connectivity index (χ1n) is 5.11. The lowest BCUT2D eigenvalue weighted by molar-refractivity contribution is -0.141. The molecule has 0 bridgehead atoms. The molecule has 0 atom stereocenters. The van der Waals surface area contributed by atoms with Gasteiger partial charge in [0, 0.05) is 31.4 Å². The zero-order valence-electron chi connectivity index (χ0n) is 8.47. The number of β-amino-alcohol motifs (C(OH)–C–C–N with tert-alkyl or cyclic N) is 1. The Bertz CT molecular complexity index is 334. The standard InChI is InChI=1S/C11H14N2O2/c14-10-7-13(8-10)11(15)5-4-9-3-1-2-6-12-9/h1-3,6,10,14H,4-5,7-8H2. The van der Waals surface area contributed by atoms with E-state index in [4.69, 9.17) is 5.11 Å². The molecular weight excluding hydrogens is 192 g/mol. The van der Waals surface area contributed by atoms with Crippen molar-refractivity contribution >= 4 is 5.91 Å². The van der Waals surface area contributed by atoms with Gasteiger partial charge in [0.1, 0.15) is 0 Å². The molecule has 0 saturated carbocycles. The van der Waals surface area contributed by atoms with Gasteiger partial charge in [-0.15, -0.1) is 0 Å². The Labute approximate surface area is 88.6 Å². The number of hydrogen-bond donors (Lipinski definition) is 1. The molecule has 0 aromatic carbocycles. The van der Waals surface area contributed by atoms with Crippen LogP contribution in [0.2, 0.25) is 0 Å². The van der Waals surface area contributed by atoms with Crippen molar-refractivity contribution in [3.63, 3.8) is 0 Å². The number of aromatic nitrogens is 1. The maximum atomic E-state index is 11.5. The van der Waals surface area contributed by atoms with Crippen molar-refractivity contribution in [3.8, 4) is 0 Å². The second kappa shape index (κ2) is 4.40. The Morgan fingerprint density at radius 3 is 2.93 bits per heavy atom. The minimum atomic E-state index is -0.316. The minimum Gasteiger partial charge on any atom is -0.389 e. The van der Waals surface area contributed by atoms with Crippen LogP contribution in [0.4, 0.5) is 0 Å². The molecule has 80 valence electrons. The van der Waals surface area contributed by atoms with Gasteiger partial charge in [0.25, 0.3) is 0 Å². The van der Waals surface area contributed by atoms with Crippen LogP contribution in [0, 0.1) is 0 Å². The van der Waals surface area contributed by atoms with Crippen LogP contribution in [0.3, 0.4) is 0 Å². The van der Waals surface area contributed by atoms with Gasteiger partial charge in [0.15, 0.2) is 0 Å². The van der Waals surface area contributed by atoms with E-state index in [2.05, 4.69) is 4.98 Å². The fourth-order valence-corrected chi connectivity index (χ4v) is 1.60. The smallest absolute Gasteiger partial charge is 0.223 e. The van der Waals surface area contributed by atoms with Gasteiger partial charge in [-0.2, -0.15) is 0 Å². The molecule has 1 aliphatic heterocycles. The predicted molar refractivity (Wildman–Crippen MR) is 55.1 cm³/mol. The molecule has 4 heteroatoms. The molecule has 15 heavy (non-hydrogen) atoms. The van der Waals surface area contributed by atoms with E-state index >= 15 is 0 Å². The average Bonchev–Trinajstić information content (AvgIpc) is 2.23. The summed E-state index contributed by atoms with van der Waals surface area (Å²) in [5.74, 6) is 0.103. The van der Waals surface area contributed by atoms with E-state index in [1.54, 1.807) is 11.1 Å². The van der Waals surface area contributed by atoms with E-state index in [0.717, 1.165) is 5.69 Å². The average molecular weight is 206 g/mol. The Morgan fingerprint density at radius 2 is 2.33 bits per heavy atom. The van der Waals surface area contributed by atoms with Gasteiger partial charge >= 0.3 is 0 Å². The van der Waals surface area contributed by atoms with Gasteiger partial charge in [-0.1, -0.05) is 6.07 Å². The normalized spacial score (nSPS) is 16.2. The highest BCUT2D eigenvalue weighted by Crippen LogP contribution is 2.10. The largest absolute Gasteiger partial charge is 0.389 e. The number of likely N-dealkylation sites (tertiary alicyclic amines) is 1. The monoisotopic (exact) mass is 206 g/mol. The summed E-state index contributed by atoms with van der Waals surface area (Å²) in [6.45, 7) is 0.974. The first kappa shape index (κ1) is 10.1. The highest BCUT2D eigenvalue weighted by molar-refractivity contribution is 5.77. The lowest BCUT2D eigenvalue weighted by atomic mass is 10.1. The van der Waals surface area contributed by atoms with Crippen molar-refractivity contribution in [2.45, 2.75) is 18.9 Å². The number of aryl methyl sites for hydroxylation is 1. The molecule has 0 unspecified atom stereocenters. The van der Waals surface area contributed by atoms with Gasteiger partial charge in [-0.05, 0) is 18.6 Å². The van der Waals surface area contributed by atoms with Gasteiger partial charge in [0.2, 0.25) is 5.91 Å². The van der Waals surface area contributed by atoms with Crippen molar-refractivity contribution in [2.24, 2.45) is 0 Å². The molecule has 1 N–H and O–H groups in total. The van der Waals surface area contributed by atoms with Gasteiger partial charge in [-0.25, -0.2) is 0 Å². The van der Waals surface area contributed by atoms with E-state index in [-0.39, 0.29) is 12.0 Å². The number of pyridine rings is 1. The highest BCUT2D eigenvalue weighted by Gasteiger charge is 2.27. The summed E-state index contributed by atoms with van der Waals surface area (Å²) in [6.07, 6.45) is 2.56. The molecule has 4 nitrogen and oxygen atoms in total. The van der Waals surface area contributed by atoms with E-state index in [1.807, 2.05) is 18.2 Å². The van der Waals surface area contributed by atoms with Gasteiger partial charge < -0.3 is 10.0 Å². The fraction of sp³-hybridized carbons (Fsp3) is 0.455. The van der Waals surface area contributed by atoms with Crippen LogP contribution >= 0.6 is 0 Å². The molecule has 1 fully saturated rings. The summed E-state index contributed by atoms with van der Waals surface area (Å²) in [5.41, 5.74) is 0.937. The summed E-state index contributed by atoms with van der Waals surface area (Å²) in [6, 6.07) is 5.69. The summed E-state index contributed by atoms with van der Waals surface area (Å²) in [7, 11) is 0. The second-order valence-electron chi connectivity index (χ2n) is 3.77. The third kappa shape index (κ3) is 2.53. The number of hydrogen-bond acceptors (Lipinski definition) is 3. The first-order chi connectivity index (χ1) is 7.25. The molecule has 2 rings (SSSR count). The van der Waals surface area contributed by atoms with Crippen LogP contribution in [0.25, 0.3) is 0 Å². The van der Waals surface area contributed by atoms with E-state index in [0.29, 0.717) is 25.9 Å². The molecule has 1 aliphatic rings. The van der Waals surface area contributed by atoms with Crippen LogP contribution in [-0.2, 0) is 11.2 Å². The molecular formula is C11H14N2O2. The maximum absolute atomic E-state index is 11.5. The Hall–Kier alpha value is -1.42. The zero-order chi connectivity index (χ0) is 10.7. The summed E-state index contributed by atoms with van der Waals surface area (Å²) >= 11 is 0. The minimum absolute atomic E-state index is 0.103. The molecule has 1 aromatic rings. The number of carbonyl (C=O) groups is 1. The van der Waals surface area contributed by atoms with Crippen molar-refractivity contribution in [1.82, 2.24) is 9.88 Å². The molecule has 0 spiro atoms. The van der Waals surface area contributed by atoms with E-state index in [9.17, 15) is 4.79 Å². The maximum Gasteiger partial charge on any atom is 0.223 e. The fourth-order valence-electron chi connectivity index (χ4n) is 1.60. The van der Waals surface area contributed by atoms with E-state index in [1.165, 1.54) is 0 Å². The van der Waals surface area contributed by atoms with Gasteiger partial charge in [0.05, 0.1) is 6.10 Å². The Morgan fingerprint density at radius 1 is 1.53 bits per heavy atom. The number of carbonyl (C=O) groups excluding carboxylic acids is 1. The molecule has 1 amide bonds. The molecule has 1 aromatic heterocycles. The molecule has 0 radical (unpaired) electrons. The number of aliphatic hydroxyl groups excluding tert-OH is 1. The van der Waals surface area contributed by atoms with Crippen LogP contribution in [0.15, 0.2) is 24.4 Å². The molecule has 1 saturated heterocycles. The van der Waals surface area contributed by atoms with Crippen molar-refractivity contribution in [3.05, 3.63) is 30.1 Å². The highest BCUT2D eigenvalue weighted by atomic mass is 16.3. The van der Waals surface area contributed by atoms with Crippen LogP contribution in [-0.4, -0.2) is 40.1 Å². The summed E-state index contributed by atoms with van der Waals surface area (Å²) < 4.78 is 0. The number of amides is 1. The predicted octanol–water partition coefficient (Wildman–Crippen LogP) is 0.217. The van der Waals surface area contributed by atoms with Crippen LogP contribution in [0.5, 0.6) is 0 Å². The number of rotatable bonds is 3. The van der Waals surface area contributed by atoms with Crippen LogP contribution in [0.1, 0.15) is 12.1 Å². The second-order valence-corrected chi connectivity index (χ2v) is 3.77. The van der Waals surface area contributed by atoms with E-state index < -0.39 is 0 Å². The molecule has 2 heterocycles. The van der Waals surface area contributed by atoms with Crippen molar-refractivity contribution in [1.29, 1.82) is 0 Å². The Kier molecular flexibility index (Phi) is 2.97. The summed E-state index contributed by atoms with van der Waals surface area (Å²) in [5, 5.41) is 9.05. The summed E-state index contributed by atoms with van der Waals surface area (Å²) in [4.78, 5) is 17.4.